The molecule has 1 heterocycles. The van der Waals surface area contributed by atoms with E-state index in [4.69, 9.17) is 10.3 Å². The normalized spacial score (nSPS) is 21.4. The Kier molecular flexibility index (Phi) is 2.02. The molecule has 2 aromatic rings. The maximum Gasteiger partial charge on any atom is 0.257 e. The van der Waals surface area contributed by atoms with Crippen molar-refractivity contribution >= 4 is 5.69 Å². The minimum absolute atomic E-state index is 0.322. The molecule has 0 bridgehead atoms. The lowest BCUT2D eigenvalue weighted by Crippen LogP contribution is -1.91. The summed E-state index contributed by atoms with van der Waals surface area (Å²) in [6.45, 7) is 4.44. The largest absolute Gasteiger partial charge is 0.399 e. The van der Waals surface area contributed by atoms with Gasteiger partial charge in [0.15, 0.2) is 5.82 Å². The molecule has 1 fully saturated rings. The second kappa shape index (κ2) is 3.32. The molecule has 17 heavy (non-hydrogen) atoms. The second-order valence-corrected chi connectivity index (χ2v) is 5.33. The Morgan fingerprint density at radius 2 is 1.94 bits per heavy atom. The van der Waals surface area contributed by atoms with Crippen LogP contribution in [0, 0.1) is 5.41 Å². The number of anilines is 1. The van der Waals surface area contributed by atoms with Crippen LogP contribution < -0.4 is 5.73 Å². The third kappa shape index (κ3) is 1.79. The van der Waals surface area contributed by atoms with Crippen LogP contribution in [0.1, 0.15) is 32.0 Å². The van der Waals surface area contributed by atoms with Gasteiger partial charge in [-0.1, -0.05) is 19.0 Å². The van der Waals surface area contributed by atoms with Gasteiger partial charge < -0.3 is 10.3 Å². The van der Waals surface area contributed by atoms with Crippen molar-refractivity contribution in [3.8, 4) is 11.5 Å². The lowest BCUT2D eigenvalue weighted by Gasteiger charge is -1.96. The summed E-state index contributed by atoms with van der Waals surface area (Å²) < 4.78 is 5.28. The van der Waals surface area contributed by atoms with E-state index in [1.165, 1.54) is 0 Å². The van der Waals surface area contributed by atoms with E-state index < -0.39 is 0 Å². The summed E-state index contributed by atoms with van der Waals surface area (Å²) in [6.07, 6.45) is 1.13. The topological polar surface area (TPSA) is 64.9 Å². The van der Waals surface area contributed by atoms with Gasteiger partial charge in [0.2, 0.25) is 0 Å². The Morgan fingerprint density at radius 1 is 1.29 bits per heavy atom. The molecule has 1 aromatic heterocycles. The molecule has 4 heteroatoms. The van der Waals surface area contributed by atoms with E-state index >= 15 is 0 Å². The summed E-state index contributed by atoms with van der Waals surface area (Å²) in [6, 6.07) is 7.45. The maximum atomic E-state index is 5.64. The number of hydrogen-bond acceptors (Lipinski definition) is 4. The second-order valence-electron chi connectivity index (χ2n) is 5.33. The predicted molar refractivity (Wildman–Crippen MR) is 65.3 cm³/mol. The smallest absolute Gasteiger partial charge is 0.257 e. The van der Waals surface area contributed by atoms with E-state index in [0.29, 0.717) is 17.2 Å². The van der Waals surface area contributed by atoms with Gasteiger partial charge in [0, 0.05) is 17.2 Å². The molecule has 0 radical (unpaired) electrons. The summed E-state index contributed by atoms with van der Waals surface area (Å²) >= 11 is 0. The molecule has 0 spiro atoms. The molecule has 0 saturated heterocycles. The van der Waals surface area contributed by atoms with Crippen LogP contribution in [0.2, 0.25) is 0 Å². The minimum atomic E-state index is 0.322. The maximum absolute atomic E-state index is 5.64. The first-order chi connectivity index (χ1) is 8.06. The molecule has 0 aliphatic heterocycles. The van der Waals surface area contributed by atoms with Crippen LogP contribution in [0.3, 0.4) is 0 Å². The van der Waals surface area contributed by atoms with Gasteiger partial charge in [-0.2, -0.15) is 4.98 Å². The Balaban J connectivity index is 1.88. The van der Waals surface area contributed by atoms with E-state index in [1.54, 1.807) is 0 Å². The highest BCUT2D eigenvalue weighted by Gasteiger charge is 2.49. The van der Waals surface area contributed by atoms with Crippen LogP contribution >= 0.6 is 0 Å². The number of benzene rings is 1. The zero-order chi connectivity index (χ0) is 12.0. The quantitative estimate of drug-likeness (QED) is 0.804. The standard InChI is InChI=1S/C13H15N3O/c1-13(2)7-10(13)11-15-12(17-16-11)8-3-5-9(14)6-4-8/h3-6,10H,7,14H2,1-2H3. The van der Waals surface area contributed by atoms with Gasteiger partial charge in [0.25, 0.3) is 5.89 Å². The summed E-state index contributed by atoms with van der Waals surface area (Å²) in [7, 11) is 0. The average molecular weight is 229 g/mol. The average Bonchev–Trinajstić information content (AvgIpc) is 2.76. The molecule has 1 unspecified atom stereocenters. The van der Waals surface area contributed by atoms with Crippen molar-refractivity contribution in [2.24, 2.45) is 5.41 Å². The third-order valence-corrected chi connectivity index (χ3v) is 3.42. The van der Waals surface area contributed by atoms with Gasteiger partial charge >= 0.3 is 0 Å². The minimum Gasteiger partial charge on any atom is -0.399 e. The number of hydrogen-bond donors (Lipinski definition) is 1. The lowest BCUT2D eigenvalue weighted by molar-refractivity contribution is 0.419. The van der Waals surface area contributed by atoms with Crippen LogP contribution in [0.15, 0.2) is 28.8 Å². The van der Waals surface area contributed by atoms with Crippen molar-refractivity contribution < 1.29 is 4.52 Å². The first-order valence-corrected chi connectivity index (χ1v) is 5.76. The van der Waals surface area contributed by atoms with E-state index in [2.05, 4.69) is 24.0 Å². The summed E-state index contributed by atoms with van der Waals surface area (Å²) in [4.78, 5) is 4.45. The summed E-state index contributed by atoms with van der Waals surface area (Å²) in [5.74, 6) is 1.83. The van der Waals surface area contributed by atoms with E-state index in [9.17, 15) is 0 Å². The fourth-order valence-electron chi connectivity index (χ4n) is 2.03. The van der Waals surface area contributed by atoms with Crippen LogP contribution in [0.25, 0.3) is 11.5 Å². The molecule has 0 amide bonds. The molecule has 2 N–H and O–H groups in total. The molecule has 88 valence electrons. The zero-order valence-electron chi connectivity index (χ0n) is 9.97. The molecular formula is C13H15N3O. The Bertz CT molecular complexity index is 542. The molecule has 1 aliphatic rings. The highest BCUT2D eigenvalue weighted by Crippen LogP contribution is 2.57. The number of nitrogens with zero attached hydrogens (tertiary/aromatic N) is 2. The monoisotopic (exact) mass is 229 g/mol. The van der Waals surface area contributed by atoms with Gasteiger partial charge in [-0.25, -0.2) is 0 Å². The highest BCUT2D eigenvalue weighted by atomic mass is 16.5. The molecule has 1 aromatic carbocycles. The van der Waals surface area contributed by atoms with Crippen molar-refractivity contribution in [3.63, 3.8) is 0 Å². The van der Waals surface area contributed by atoms with E-state index in [-0.39, 0.29) is 0 Å². The predicted octanol–water partition coefficient (Wildman–Crippen LogP) is 2.83. The van der Waals surface area contributed by atoms with Gasteiger partial charge in [-0.3, -0.25) is 0 Å². The van der Waals surface area contributed by atoms with Gasteiger partial charge in [-0.15, -0.1) is 0 Å². The van der Waals surface area contributed by atoms with E-state index in [1.807, 2.05) is 24.3 Å². The third-order valence-electron chi connectivity index (χ3n) is 3.42. The fourth-order valence-corrected chi connectivity index (χ4v) is 2.03. The van der Waals surface area contributed by atoms with Crippen molar-refractivity contribution in [2.45, 2.75) is 26.2 Å². The number of rotatable bonds is 2. The van der Waals surface area contributed by atoms with Crippen LogP contribution in [-0.2, 0) is 0 Å². The Hall–Kier alpha value is -1.84. The van der Waals surface area contributed by atoms with E-state index in [0.717, 1.165) is 23.5 Å². The van der Waals surface area contributed by atoms with Crippen molar-refractivity contribution in [1.82, 2.24) is 10.1 Å². The number of aromatic nitrogens is 2. The van der Waals surface area contributed by atoms with Gasteiger partial charge in [-0.05, 0) is 36.1 Å². The van der Waals surface area contributed by atoms with Crippen molar-refractivity contribution in [1.29, 1.82) is 0 Å². The summed E-state index contributed by atoms with van der Waals surface area (Å²) in [5.41, 5.74) is 7.61. The van der Waals surface area contributed by atoms with Gasteiger partial charge in [0.05, 0.1) is 0 Å². The summed E-state index contributed by atoms with van der Waals surface area (Å²) in [5, 5.41) is 4.06. The number of nitrogen functional groups attached to an aromatic ring is 1. The van der Waals surface area contributed by atoms with Gasteiger partial charge in [0.1, 0.15) is 0 Å². The molecule has 1 aliphatic carbocycles. The lowest BCUT2D eigenvalue weighted by atomic mass is 10.1. The Morgan fingerprint density at radius 3 is 2.53 bits per heavy atom. The Labute approximate surface area is 99.8 Å². The molecule has 1 atom stereocenters. The molecule has 1 saturated carbocycles. The fraction of sp³-hybridized carbons (Fsp3) is 0.385. The van der Waals surface area contributed by atoms with Crippen LogP contribution in [-0.4, -0.2) is 10.1 Å². The zero-order valence-corrected chi connectivity index (χ0v) is 9.97. The molecule has 3 rings (SSSR count). The van der Waals surface area contributed by atoms with Crippen LogP contribution in [0.5, 0.6) is 0 Å². The highest BCUT2D eigenvalue weighted by molar-refractivity contribution is 5.57. The first kappa shape index (κ1) is 10.3. The SMILES string of the molecule is CC1(C)CC1c1noc(-c2ccc(N)cc2)n1. The van der Waals surface area contributed by atoms with Crippen LogP contribution in [0.4, 0.5) is 5.69 Å². The van der Waals surface area contributed by atoms with Crippen molar-refractivity contribution in [3.05, 3.63) is 30.1 Å². The number of nitrogens with two attached hydrogens (primary N) is 1. The molecule has 4 nitrogen and oxygen atoms in total. The van der Waals surface area contributed by atoms with Crippen molar-refractivity contribution in [2.75, 3.05) is 5.73 Å². The molecular weight excluding hydrogens is 214 g/mol. The first-order valence-electron chi connectivity index (χ1n) is 5.76.